The lowest BCUT2D eigenvalue weighted by atomic mass is 9.99. The van der Waals surface area contributed by atoms with Crippen LogP contribution in [0.2, 0.25) is 0 Å². The Labute approximate surface area is 243 Å². The second-order valence-corrected chi connectivity index (χ2v) is 9.94. The Morgan fingerprint density at radius 3 is 1.93 bits per heavy atom. The quantitative estimate of drug-likeness (QED) is 0.157. The minimum Gasteiger partial charge on any atom is -0.481 e. The minimum absolute atomic E-state index is 0.0772. The Kier molecular flexibility index (Phi) is 10.2. The van der Waals surface area contributed by atoms with Gasteiger partial charge in [0.1, 0.15) is 12.1 Å². The molecule has 0 fully saturated rings. The normalized spacial score (nSPS) is 12.2. The van der Waals surface area contributed by atoms with E-state index in [1.807, 2.05) is 42.5 Å². The molecule has 1 heterocycles. The molecule has 3 aromatic carbocycles. The van der Waals surface area contributed by atoms with Crippen molar-refractivity contribution in [3.63, 3.8) is 0 Å². The number of aliphatic carboxylic acids is 1. The third-order valence-corrected chi connectivity index (χ3v) is 6.86. The molecule has 1 aromatic heterocycles. The van der Waals surface area contributed by atoms with Gasteiger partial charge in [0.25, 0.3) is 0 Å². The maximum absolute atomic E-state index is 12.9. The van der Waals surface area contributed by atoms with Gasteiger partial charge in [-0.1, -0.05) is 78.9 Å². The largest absolute Gasteiger partial charge is 0.481 e. The summed E-state index contributed by atoms with van der Waals surface area (Å²) in [5, 5.41) is 14.3. The summed E-state index contributed by atoms with van der Waals surface area (Å²) in [5.74, 6) is -2.97. The van der Waals surface area contributed by atoms with Gasteiger partial charge in [-0.2, -0.15) is 0 Å². The van der Waals surface area contributed by atoms with Gasteiger partial charge in [-0.3, -0.25) is 19.2 Å². The number of imidazole rings is 1. The number of hydrogen-bond donors (Lipinski definition) is 5. The number of nitrogens with two attached hydrogens (primary N) is 1. The van der Waals surface area contributed by atoms with E-state index in [2.05, 4.69) is 57.0 Å². The standard InChI is InChI=1S/C32H33N5O5/c33-31(41)28(18-26-19-34-20-35-26)37-32(42)27(15-17-30(39)40)36-29(38)16-8-21-6-9-23(10-7-21)25-13-11-24(12-14-25)22-4-2-1-3-5-22/h1-7,9-14,19-20,27-28H,8,15-18H2,(H2,33,41)(H,34,35)(H,36,38)(H,37,42)(H,39,40)/t27-,28-/m0/s1. The molecular formula is C32H33N5O5. The summed E-state index contributed by atoms with van der Waals surface area (Å²) in [7, 11) is 0. The van der Waals surface area contributed by atoms with Crippen molar-refractivity contribution in [3.05, 3.63) is 103 Å². The molecule has 4 rings (SSSR count). The van der Waals surface area contributed by atoms with E-state index in [-0.39, 0.29) is 25.7 Å². The molecule has 10 heteroatoms. The third-order valence-electron chi connectivity index (χ3n) is 6.86. The smallest absolute Gasteiger partial charge is 0.303 e. The van der Waals surface area contributed by atoms with E-state index in [1.54, 1.807) is 0 Å². The number of benzene rings is 3. The number of primary amides is 1. The zero-order chi connectivity index (χ0) is 29.9. The number of hydrogen-bond acceptors (Lipinski definition) is 5. The molecule has 0 aliphatic rings. The van der Waals surface area contributed by atoms with Crippen molar-refractivity contribution < 1.29 is 24.3 Å². The maximum atomic E-state index is 12.9. The Morgan fingerprint density at radius 2 is 1.38 bits per heavy atom. The fourth-order valence-corrected chi connectivity index (χ4v) is 4.52. The van der Waals surface area contributed by atoms with Crippen LogP contribution in [0.25, 0.3) is 22.3 Å². The molecule has 2 atom stereocenters. The molecule has 216 valence electrons. The minimum atomic E-state index is -1.14. The van der Waals surface area contributed by atoms with E-state index in [0.29, 0.717) is 12.1 Å². The van der Waals surface area contributed by atoms with Crippen LogP contribution >= 0.6 is 0 Å². The molecule has 0 bridgehead atoms. The van der Waals surface area contributed by atoms with Crippen molar-refractivity contribution in [1.82, 2.24) is 20.6 Å². The first-order chi connectivity index (χ1) is 20.3. The Hall–Kier alpha value is -5.25. The van der Waals surface area contributed by atoms with Gasteiger partial charge in [-0.15, -0.1) is 0 Å². The number of aromatic nitrogens is 2. The average molecular weight is 568 g/mol. The molecule has 0 saturated carbocycles. The average Bonchev–Trinajstić information content (AvgIpc) is 3.52. The lowest BCUT2D eigenvalue weighted by Gasteiger charge is -2.21. The SMILES string of the molecule is NC(=O)[C@H](Cc1cnc[nH]1)NC(=O)[C@H](CCC(=O)O)NC(=O)CCc1ccc(-c2ccc(-c3ccccc3)cc2)cc1. The van der Waals surface area contributed by atoms with Crippen LogP contribution < -0.4 is 16.4 Å². The number of rotatable bonds is 14. The number of carbonyl (C=O) groups is 4. The Balaban J connectivity index is 1.32. The predicted molar refractivity (Wildman–Crippen MR) is 158 cm³/mol. The second-order valence-electron chi connectivity index (χ2n) is 9.94. The van der Waals surface area contributed by atoms with Gasteiger partial charge in [0, 0.05) is 31.2 Å². The number of carboxylic acids is 1. The molecule has 0 aliphatic carbocycles. The second kappa shape index (κ2) is 14.4. The van der Waals surface area contributed by atoms with Gasteiger partial charge in [0.05, 0.1) is 6.33 Å². The molecule has 0 saturated heterocycles. The molecule has 10 nitrogen and oxygen atoms in total. The van der Waals surface area contributed by atoms with Gasteiger partial charge >= 0.3 is 5.97 Å². The first-order valence-electron chi connectivity index (χ1n) is 13.6. The monoisotopic (exact) mass is 567 g/mol. The first-order valence-corrected chi connectivity index (χ1v) is 13.6. The number of aromatic amines is 1. The predicted octanol–water partition coefficient (Wildman–Crippen LogP) is 3.24. The highest BCUT2D eigenvalue weighted by atomic mass is 16.4. The van der Waals surface area contributed by atoms with E-state index in [0.717, 1.165) is 27.8 Å². The zero-order valence-corrected chi connectivity index (χ0v) is 23.0. The highest BCUT2D eigenvalue weighted by molar-refractivity contribution is 5.92. The van der Waals surface area contributed by atoms with E-state index < -0.39 is 35.8 Å². The fourth-order valence-electron chi connectivity index (χ4n) is 4.52. The van der Waals surface area contributed by atoms with Crippen LogP contribution in [0.5, 0.6) is 0 Å². The van der Waals surface area contributed by atoms with Crippen LogP contribution in [-0.4, -0.2) is 50.8 Å². The van der Waals surface area contributed by atoms with Gasteiger partial charge < -0.3 is 26.5 Å². The van der Waals surface area contributed by atoms with Gasteiger partial charge in [-0.25, -0.2) is 4.98 Å². The van der Waals surface area contributed by atoms with Gasteiger partial charge in [0.15, 0.2) is 0 Å². The number of carboxylic acid groups (broad SMARTS) is 1. The molecular weight excluding hydrogens is 534 g/mol. The van der Waals surface area contributed by atoms with Crippen molar-refractivity contribution in [2.75, 3.05) is 0 Å². The first kappa shape index (κ1) is 29.7. The van der Waals surface area contributed by atoms with Gasteiger partial charge in [-0.05, 0) is 40.7 Å². The number of nitrogens with one attached hydrogen (secondary N) is 3. The number of carbonyl (C=O) groups excluding carboxylic acids is 3. The van der Waals surface area contributed by atoms with Crippen LogP contribution in [0.4, 0.5) is 0 Å². The third kappa shape index (κ3) is 8.62. The zero-order valence-electron chi connectivity index (χ0n) is 23.0. The summed E-state index contributed by atoms with van der Waals surface area (Å²) in [6.07, 6.45) is 3.05. The lowest BCUT2D eigenvalue weighted by Crippen LogP contribution is -2.53. The van der Waals surface area contributed by atoms with Crippen molar-refractivity contribution in [3.8, 4) is 22.3 Å². The van der Waals surface area contributed by atoms with Crippen molar-refractivity contribution in [2.24, 2.45) is 5.73 Å². The number of H-pyrrole nitrogens is 1. The molecule has 0 spiro atoms. The van der Waals surface area contributed by atoms with E-state index in [9.17, 15) is 19.2 Å². The molecule has 6 N–H and O–H groups in total. The van der Waals surface area contributed by atoms with Crippen LogP contribution in [0.1, 0.15) is 30.5 Å². The summed E-state index contributed by atoms with van der Waals surface area (Å²) >= 11 is 0. The molecule has 4 aromatic rings. The van der Waals surface area contributed by atoms with Crippen molar-refractivity contribution in [2.45, 2.75) is 44.2 Å². The highest BCUT2D eigenvalue weighted by Crippen LogP contribution is 2.25. The van der Waals surface area contributed by atoms with Crippen LogP contribution in [0.3, 0.4) is 0 Å². The molecule has 3 amide bonds. The molecule has 0 radical (unpaired) electrons. The number of amides is 3. The van der Waals surface area contributed by atoms with Crippen molar-refractivity contribution in [1.29, 1.82) is 0 Å². The summed E-state index contributed by atoms with van der Waals surface area (Å²) in [6, 6.07) is 24.2. The molecule has 42 heavy (non-hydrogen) atoms. The Bertz CT molecular complexity index is 1490. The molecule has 0 aliphatic heterocycles. The highest BCUT2D eigenvalue weighted by Gasteiger charge is 2.26. The molecule has 0 unspecified atom stereocenters. The maximum Gasteiger partial charge on any atom is 0.303 e. The number of nitrogens with zero attached hydrogens (tertiary/aromatic N) is 1. The summed E-state index contributed by atoms with van der Waals surface area (Å²) in [6.45, 7) is 0. The van der Waals surface area contributed by atoms with Crippen LogP contribution in [-0.2, 0) is 32.0 Å². The Morgan fingerprint density at radius 1 is 0.786 bits per heavy atom. The topological polar surface area (TPSA) is 167 Å². The summed E-state index contributed by atoms with van der Waals surface area (Å²) < 4.78 is 0. The van der Waals surface area contributed by atoms with Crippen molar-refractivity contribution >= 4 is 23.7 Å². The fraction of sp³-hybridized carbons (Fsp3) is 0.219. The number of aryl methyl sites for hydroxylation is 1. The van der Waals surface area contributed by atoms with Crippen LogP contribution in [0, 0.1) is 0 Å². The van der Waals surface area contributed by atoms with E-state index in [4.69, 9.17) is 10.8 Å². The lowest BCUT2D eigenvalue weighted by molar-refractivity contribution is -0.138. The summed E-state index contributed by atoms with van der Waals surface area (Å²) in [5.41, 5.74) is 11.4. The van der Waals surface area contributed by atoms with E-state index >= 15 is 0 Å². The van der Waals surface area contributed by atoms with Crippen LogP contribution in [0.15, 0.2) is 91.4 Å². The summed E-state index contributed by atoms with van der Waals surface area (Å²) in [4.78, 5) is 55.4. The van der Waals surface area contributed by atoms with Gasteiger partial charge in [0.2, 0.25) is 17.7 Å². The van der Waals surface area contributed by atoms with E-state index in [1.165, 1.54) is 12.5 Å².